The van der Waals surface area contributed by atoms with Crippen LogP contribution in [0.5, 0.6) is 0 Å². The van der Waals surface area contributed by atoms with Gasteiger partial charge in [-0.25, -0.2) is 0 Å². The summed E-state index contributed by atoms with van der Waals surface area (Å²) in [5, 5.41) is 3.53. The summed E-state index contributed by atoms with van der Waals surface area (Å²) in [4.78, 5) is 28.1. The van der Waals surface area contributed by atoms with Crippen LogP contribution in [0.3, 0.4) is 0 Å². The maximum absolute atomic E-state index is 12.8. The van der Waals surface area contributed by atoms with Crippen LogP contribution < -0.4 is 5.32 Å². The molecule has 0 fully saturated rings. The van der Waals surface area contributed by atoms with E-state index in [1.807, 2.05) is 110 Å². The molecule has 0 aliphatic carbocycles. The molecule has 0 spiro atoms. The summed E-state index contributed by atoms with van der Waals surface area (Å²) in [6, 6.07) is 4.35. The van der Waals surface area contributed by atoms with E-state index in [1.165, 1.54) is 11.1 Å². The number of rotatable bonds is 15. The molecular weight excluding hydrogens is 542 g/mol. The van der Waals surface area contributed by atoms with Gasteiger partial charge >= 0.3 is 0 Å². The first-order chi connectivity index (χ1) is 21.2. The van der Waals surface area contributed by atoms with Crippen LogP contribution in [0.4, 0.5) is 0 Å². The summed E-state index contributed by atoms with van der Waals surface area (Å²) in [6.07, 6.45) is 16.7. The fourth-order valence-corrected chi connectivity index (χ4v) is 3.73. The SMILES string of the molecule is C/C=C\C=C(/CC)N=C(CC)CC(=O)N(CC)CCC(C)NCc1ncccc1C.CC.CC.CC=N/C(C)=C(C)\C=C/C. The number of pyridine rings is 1. The number of carbonyl (C=O) groups is 1. The topological polar surface area (TPSA) is 70.0 Å². The average molecular weight is 610 g/mol. The Morgan fingerprint density at radius 1 is 1.05 bits per heavy atom. The number of hydrogen-bond acceptors (Lipinski definition) is 5. The van der Waals surface area contributed by atoms with Gasteiger partial charge in [-0.3, -0.25) is 19.8 Å². The Kier molecular flexibility index (Phi) is 32.2. The van der Waals surface area contributed by atoms with Gasteiger partial charge < -0.3 is 10.2 Å². The third-order valence-electron chi connectivity index (χ3n) is 6.52. The molecule has 1 heterocycles. The van der Waals surface area contributed by atoms with Crippen LogP contribution in [0.25, 0.3) is 0 Å². The van der Waals surface area contributed by atoms with Crippen molar-refractivity contribution in [3.8, 4) is 0 Å². The van der Waals surface area contributed by atoms with Crippen molar-refractivity contribution in [2.75, 3.05) is 13.1 Å². The molecule has 0 aliphatic rings. The van der Waals surface area contributed by atoms with Crippen LogP contribution in [0.1, 0.15) is 127 Å². The van der Waals surface area contributed by atoms with Gasteiger partial charge in [0.1, 0.15) is 0 Å². The molecule has 0 saturated carbocycles. The fraction of sp³-hybridized carbons (Fsp3) is 0.579. The van der Waals surface area contributed by atoms with Crippen molar-refractivity contribution in [2.24, 2.45) is 9.98 Å². The highest BCUT2D eigenvalue weighted by Crippen LogP contribution is 2.10. The van der Waals surface area contributed by atoms with E-state index < -0.39 is 0 Å². The van der Waals surface area contributed by atoms with Gasteiger partial charge in [-0.2, -0.15) is 0 Å². The van der Waals surface area contributed by atoms with Crippen LogP contribution in [0, 0.1) is 6.92 Å². The van der Waals surface area contributed by atoms with E-state index in [9.17, 15) is 4.79 Å². The minimum Gasteiger partial charge on any atom is -0.343 e. The van der Waals surface area contributed by atoms with Crippen LogP contribution in [0.2, 0.25) is 0 Å². The number of amides is 1. The van der Waals surface area contributed by atoms with E-state index in [1.54, 1.807) is 0 Å². The number of hydrogen-bond donors (Lipinski definition) is 1. The van der Waals surface area contributed by atoms with Gasteiger partial charge in [0, 0.05) is 55.2 Å². The molecule has 1 unspecified atom stereocenters. The van der Waals surface area contributed by atoms with Crippen molar-refractivity contribution < 1.29 is 4.79 Å². The van der Waals surface area contributed by atoms with Crippen molar-refractivity contribution in [1.82, 2.24) is 15.2 Å². The molecule has 1 atom stereocenters. The van der Waals surface area contributed by atoms with E-state index in [0.717, 1.165) is 61.7 Å². The third kappa shape index (κ3) is 22.4. The highest BCUT2D eigenvalue weighted by Gasteiger charge is 2.15. The first kappa shape index (κ1) is 45.3. The molecule has 1 aromatic rings. The van der Waals surface area contributed by atoms with Gasteiger partial charge in [-0.15, -0.1) is 0 Å². The molecule has 1 aromatic heterocycles. The van der Waals surface area contributed by atoms with Crippen LogP contribution in [-0.4, -0.2) is 46.8 Å². The quantitative estimate of drug-likeness (QED) is 0.159. The Hall–Kier alpha value is -3.12. The fourth-order valence-electron chi connectivity index (χ4n) is 3.73. The Bertz CT molecular complexity index is 1030. The molecule has 1 N–H and O–H groups in total. The summed E-state index contributed by atoms with van der Waals surface area (Å²) in [6.45, 7) is 30.6. The maximum Gasteiger partial charge on any atom is 0.228 e. The van der Waals surface area contributed by atoms with E-state index in [-0.39, 0.29) is 5.91 Å². The molecule has 1 amide bonds. The molecule has 6 heteroatoms. The molecule has 0 radical (unpaired) electrons. The lowest BCUT2D eigenvalue weighted by molar-refractivity contribution is -0.129. The third-order valence-corrected chi connectivity index (χ3v) is 6.52. The zero-order valence-electron chi connectivity index (χ0n) is 30.9. The van der Waals surface area contributed by atoms with Gasteiger partial charge in [-0.1, -0.05) is 71.9 Å². The maximum atomic E-state index is 12.8. The number of aryl methyl sites for hydroxylation is 1. The second-order valence-corrected chi connectivity index (χ2v) is 9.71. The molecular formula is C38H67N5O. The first-order valence-electron chi connectivity index (χ1n) is 16.8. The van der Waals surface area contributed by atoms with E-state index in [4.69, 9.17) is 4.99 Å². The smallest absolute Gasteiger partial charge is 0.228 e. The summed E-state index contributed by atoms with van der Waals surface area (Å²) in [7, 11) is 0. The van der Waals surface area contributed by atoms with Gasteiger partial charge in [0.05, 0.1) is 12.1 Å². The van der Waals surface area contributed by atoms with Gasteiger partial charge in [0.25, 0.3) is 0 Å². The minimum atomic E-state index is 0.160. The molecule has 6 nitrogen and oxygen atoms in total. The molecule has 0 saturated heterocycles. The number of aromatic nitrogens is 1. The largest absolute Gasteiger partial charge is 0.343 e. The predicted octanol–water partition coefficient (Wildman–Crippen LogP) is 10.2. The lowest BCUT2D eigenvalue weighted by Crippen LogP contribution is -2.37. The zero-order chi connectivity index (χ0) is 34.3. The Morgan fingerprint density at radius 2 is 1.70 bits per heavy atom. The van der Waals surface area contributed by atoms with Crippen molar-refractivity contribution in [3.05, 3.63) is 76.9 Å². The first-order valence-corrected chi connectivity index (χ1v) is 16.8. The Balaban J connectivity index is -0.00000101. The monoisotopic (exact) mass is 610 g/mol. The van der Waals surface area contributed by atoms with Crippen molar-refractivity contribution in [3.63, 3.8) is 0 Å². The lowest BCUT2D eigenvalue weighted by atomic mass is 10.1. The van der Waals surface area contributed by atoms with Crippen molar-refractivity contribution >= 4 is 17.8 Å². The average Bonchev–Trinajstić information content (AvgIpc) is 3.04. The summed E-state index contributed by atoms with van der Waals surface area (Å²) >= 11 is 0. The Morgan fingerprint density at radius 3 is 2.20 bits per heavy atom. The summed E-state index contributed by atoms with van der Waals surface area (Å²) < 4.78 is 0. The van der Waals surface area contributed by atoms with Crippen LogP contribution in [0.15, 0.2) is 75.7 Å². The second kappa shape index (κ2) is 31.3. The Labute approximate surface area is 272 Å². The number of carbonyl (C=O) groups excluding carboxylic acids is 1. The van der Waals surface area contributed by atoms with Crippen LogP contribution in [-0.2, 0) is 11.3 Å². The molecule has 44 heavy (non-hydrogen) atoms. The molecule has 0 aromatic carbocycles. The lowest BCUT2D eigenvalue weighted by Gasteiger charge is -2.24. The van der Waals surface area contributed by atoms with Gasteiger partial charge in [0.2, 0.25) is 5.91 Å². The van der Waals surface area contributed by atoms with Crippen LogP contribution >= 0.6 is 0 Å². The minimum absolute atomic E-state index is 0.160. The summed E-state index contributed by atoms with van der Waals surface area (Å²) in [5.74, 6) is 0.160. The molecule has 1 rings (SSSR count). The van der Waals surface area contributed by atoms with Crippen molar-refractivity contribution in [1.29, 1.82) is 0 Å². The predicted molar refractivity (Wildman–Crippen MR) is 198 cm³/mol. The summed E-state index contributed by atoms with van der Waals surface area (Å²) in [5.41, 5.74) is 6.55. The number of allylic oxidation sites excluding steroid dienone is 8. The number of nitrogens with zero attached hydrogens (tertiary/aromatic N) is 4. The van der Waals surface area contributed by atoms with E-state index >= 15 is 0 Å². The molecule has 250 valence electrons. The van der Waals surface area contributed by atoms with Gasteiger partial charge in [0.15, 0.2) is 0 Å². The number of aliphatic imine (C=N–C) groups is 2. The molecule has 0 aliphatic heterocycles. The molecule has 0 bridgehead atoms. The number of nitrogens with one attached hydrogen (secondary N) is 1. The second-order valence-electron chi connectivity index (χ2n) is 9.71. The van der Waals surface area contributed by atoms with Crippen molar-refractivity contribution in [2.45, 2.75) is 135 Å². The standard InChI is InChI=1S/C25H40N4O.C9H15N.2C2H6/c1-7-11-14-22(8-2)28-23(9-3)18-25(30)29(10-4)17-15-21(6)27-19-24-20(5)13-12-16-26-24;1-5-7-8(3)9(4)10-6-2;2*1-2/h7,11-14,16,21,27H,8-10,15,17-19H2,1-6H3;5-7H,1-4H3;2*1-2H3/b11-7-,22-14+,28-23?;7-5-,9-8-,10-6?;;. The van der Waals surface area contributed by atoms with E-state index in [2.05, 4.69) is 62.1 Å². The normalized spacial score (nSPS) is 13.0. The highest BCUT2D eigenvalue weighted by atomic mass is 16.2. The van der Waals surface area contributed by atoms with E-state index in [0.29, 0.717) is 12.5 Å². The highest BCUT2D eigenvalue weighted by molar-refractivity contribution is 6.01. The van der Waals surface area contributed by atoms with Gasteiger partial charge in [-0.05, 0) is 97.9 Å². The zero-order valence-corrected chi connectivity index (χ0v) is 30.9.